The van der Waals surface area contributed by atoms with Crippen LogP contribution in [0.3, 0.4) is 0 Å². The van der Waals surface area contributed by atoms with Crippen molar-refractivity contribution in [2.45, 2.75) is 44.7 Å². The van der Waals surface area contributed by atoms with Gasteiger partial charge in [0.05, 0.1) is 6.04 Å². The third-order valence-electron chi connectivity index (χ3n) is 2.65. The van der Waals surface area contributed by atoms with Crippen molar-refractivity contribution in [1.82, 2.24) is 10.6 Å². The van der Waals surface area contributed by atoms with Gasteiger partial charge < -0.3 is 15.7 Å². The lowest BCUT2D eigenvalue weighted by Crippen LogP contribution is -2.51. The normalized spacial score (nSPS) is 23.1. The summed E-state index contributed by atoms with van der Waals surface area (Å²) in [5.74, 6) is -1.16. The molecule has 2 atom stereocenters. The van der Waals surface area contributed by atoms with Crippen molar-refractivity contribution in [3.8, 4) is 0 Å². The molecule has 1 rings (SSSR count). The number of rotatable bonds is 4. The molecule has 15 heavy (non-hydrogen) atoms. The first kappa shape index (κ1) is 12.0. The van der Waals surface area contributed by atoms with Crippen molar-refractivity contribution in [2.75, 3.05) is 6.54 Å². The van der Waals surface area contributed by atoms with E-state index in [0.717, 1.165) is 25.8 Å². The number of hydrogen-bond acceptors (Lipinski definition) is 3. The van der Waals surface area contributed by atoms with E-state index >= 15 is 0 Å². The lowest BCUT2D eigenvalue weighted by Gasteiger charge is -2.24. The maximum Gasteiger partial charge on any atom is 0.326 e. The molecule has 0 radical (unpaired) electrons. The van der Waals surface area contributed by atoms with E-state index in [-0.39, 0.29) is 11.9 Å². The van der Waals surface area contributed by atoms with Crippen molar-refractivity contribution in [2.24, 2.45) is 0 Å². The highest BCUT2D eigenvalue weighted by atomic mass is 16.4. The van der Waals surface area contributed by atoms with Gasteiger partial charge in [-0.2, -0.15) is 0 Å². The second-order valence-electron chi connectivity index (χ2n) is 3.81. The highest BCUT2D eigenvalue weighted by molar-refractivity contribution is 5.86. The van der Waals surface area contributed by atoms with Gasteiger partial charge in [0.1, 0.15) is 6.04 Å². The maximum atomic E-state index is 11.6. The van der Waals surface area contributed by atoms with Crippen LogP contribution in [0.4, 0.5) is 0 Å². The van der Waals surface area contributed by atoms with E-state index in [0.29, 0.717) is 6.42 Å². The summed E-state index contributed by atoms with van der Waals surface area (Å²) in [4.78, 5) is 22.3. The number of carbonyl (C=O) groups is 2. The summed E-state index contributed by atoms with van der Waals surface area (Å²) in [6.45, 7) is 2.58. The Labute approximate surface area is 89.2 Å². The molecule has 1 heterocycles. The summed E-state index contributed by atoms with van der Waals surface area (Å²) in [6.07, 6.45) is 3.31. The Kier molecular flexibility index (Phi) is 4.55. The van der Waals surface area contributed by atoms with E-state index in [1.807, 2.05) is 0 Å². The fourth-order valence-corrected chi connectivity index (χ4v) is 1.69. The Morgan fingerprint density at radius 2 is 2.27 bits per heavy atom. The zero-order valence-electron chi connectivity index (χ0n) is 8.95. The Morgan fingerprint density at radius 1 is 1.53 bits per heavy atom. The van der Waals surface area contributed by atoms with Gasteiger partial charge in [-0.3, -0.25) is 4.79 Å². The van der Waals surface area contributed by atoms with Crippen LogP contribution in [0.2, 0.25) is 0 Å². The molecule has 0 bridgehead atoms. The molecule has 0 unspecified atom stereocenters. The van der Waals surface area contributed by atoms with Crippen molar-refractivity contribution in [3.05, 3.63) is 0 Å². The third kappa shape index (κ3) is 3.51. The van der Waals surface area contributed by atoms with Gasteiger partial charge in [-0.25, -0.2) is 4.79 Å². The predicted molar refractivity (Wildman–Crippen MR) is 55.5 cm³/mol. The fraction of sp³-hybridized carbons (Fsp3) is 0.800. The van der Waals surface area contributed by atoms with E-state index in [4.69, 9.17) is 5.11 Å². The molecular weight excluding hydrogens is 196 g/mol. The summed E-state index contributed by atoms with van der Waals surface area (Å²) >= 11 is 0. The maximum absolute atomic E-state index is 11.6. The standard InChI is InChI=1S/C10H18N2O3/c1-2-7(10(14)15)12-9(13)8-5-3-4-6-11-8/h7-8,11H,2-6H2,1H3,(H,12,13)(H,14,15)/t7-,8-/m1/s1. The average Bonchev–Trinajstić information content (AvgIpc) is 2.26. The first-order valence-corrected chi connectivity index (χ1v) is 5.41. The van der Waals surface area contributed by atoms with E-state index in [1.54, 1.807) is 6.92 Å². The molecule has 1 aliphatic heterocycles. The Bertz CT molecular complexity index is 237. The molecule has 0 aliphatic carbocycles. The minimum absolute atomic E-state index is 0.191. The van der Waals surface area contributed by atoms with Crippen molar-refractivity contribution in [1.29, 1.82) is 0 Å². The van der Waals surface area contributed by atoms with Crippen LogP contribution in [0.15, 0.2) is 0 Å². The Hall–Kier alpha value is -1.10. The van der Waals surface area contributed by atoms with Crippen LogP contribution in [-0.2, 0) is 9.59 Å². The molecule has 1 aliphatic rings. The number of carboxylic acids is 1. The zero-order valence-corrected chi connectivity index (χ0v) is 8.95. The second-order valence-corrected chi connectivity index (χ2v) is 3.81. The minimum atomic E-state index is -0.971. The van der Waals surface area contributed by atoms with Gasteiger partial charge in [-0.1, -0.05) is 13.3 Å². The molecule has 5 nitrogen and oxygen atoms in total. The molecule has 0 saturated carbocycles. The largest absolute Gasteiger partial charge is 0.480 e. The van der Waals surface area contributed by atoms with Crippen LogP contribution in [0, 0.1) is 0 Å². The molecule has 0 aromatic heterocycles. The average molecular weight is 214 g/mol. The zero-order chi connectivity index (χ0) is 11.3. The smallest absolute Gasteiger partial charge is 0.326 e. The van der Waals surface area contributed by atoms with Crippen LogP contribution in [-0.4, -0.2) is 35.6 Å². The second kappa shape index (κ2) is 5.70. The van der Waals surface area contributed by atoms with E-state index in [2.05, 4.69) is 10.6 Å². The predicted octanol–water partition coefficient (Wildman–Crippen LogP) is 0.108. The molecule has 5 heteroatoms. The molecule has 0 aromatic rings. The molecule has 0 aromatic carbocycles. The highest BCUT2D eigenvalue weighted by Crippen LogP contribution is 2.07. The van der Waals surface area contributed by atoms with Crippen molar-refractivity contribution < 1.29 is 14.7 Å². The van der Waals surface area contributed by atoms with E-state index in [1.165, 1.54) is 0 Å². The molecule has 1 saturated heterocycles. The fourth-order valence-electron chi connectivity index (χ4n) is 1.69. The van der Waals surface area contributed by atoms with Crippen LogP contribution in [0.1, 0.15) is 32.6 Å². The SMILES string of the molecule is CC[C@@H](NC(=O)[C@H]1CCCCN1)C(=O)O. The van der Waals surface area contributed by atoms with Crippen LogP contribution >= 0.6 is 0 Å². The van der Waals surface area contributed by atoms with Gasteiger partial charge in [0.25, 0.3) is 0 Å². The quantitative estimate of drug-likeness (QED) is 0.620. The molecule has 3 N–H and O–H groups in total. The number of carbonyl (C=O) groups excluding carboxylic acids is 1. The number of piperidine rings is 1. The van der Waals surface area contributed by atoms with Gasteiger partial charge >= 0.3 is 5.97 Å². The first-order chi connectivity index (χ1) is 7.15. The lowest BCUT2D eigenvalue weighted by atomic mass is 10.0. The molecule has 1 amide bonds. The lowest BCUT2D eigenvalue weighted by molar-refractivity contribution is -0.142. The Balaban J connectivity index is 2.42. The number of hydrogen-bond donors (Lipinski definition) is 3. The van der Waals surface area contributed by atoms with Crippen LogP contribution in [0.25, 0.3) is 0 Å². The van der Waals surface area contributed by atoms with Crippen molar-refractivity contribution >= 4 is 11.9 Å². The van der Waals surface area contributed by atoms with Gasteiger partial charge in [0.15, 0.2) is 0 Å². The van der Waals surface area contributed by atoms with E-state index < -0.39 is 12.0 Å². The first-order valence-electron chi connectivity index (χ1n) is 5.41. The van der Waals surface area contributed by atoms with Crippen LogP contribution in [0.5, 0.6) is 0 Å². The minimum Gasteiger partial charge on any atom is -0.480 e. The van der Waals surface area contributed by atoms with Crippen LogP contribution < -0.4 is 10.6 Å². The summed E-state index contributed by atoms with van der Waals surface area (Å²) in [7, 11) is 0. The van der Waals surface area contributed by atoms with Gasteiger partial charge in [0, 0.05) is 0 Å². The highest BCUT2D eigenvalue weighted by Gasteiger charge is 2.24. The van der Waals surface area contributed by atoms with E-state index in [9.17, 15) is 9.59 Å². The summed E-state index contributed by atoms with van der Waals surface area (Å²) < 4.78 is 0. The van der Waals surface area contributed by atoms with Gasteiger partial charge in [0.2, 0.25) is 5.91 Å². The van der Waals surface area contributed by atoms with Gasteiger partial charge in [-0.15, -0.1) is 0 Å². The topological polar surface area (TPSA) is 78.4 Å². The summed E-state index contributed by atoms with van der Waals surface area (Å²) in [6, 6.07) is -0.978. The molecule has 0 spiro atoms. The monoisotopic (exact) mass is 214 g/mol. The van der Waals surface area contributed by atoms with Gasteiger partial charge in [-0.05, 0) is 25.8 Å². The molecule has 1 fully saturated rings. The summed E-state index contributed by atoms with van der Waals surface area (Å²) in [5, 5.41) is 14.4. The van der Waals surface area contributed by atoms with Crippen molar-refractivity contribution in [3.63, 3.8) is 0 Å². The number of amides is 1. The summed E-state index contributed by atoms with van der Waals surface area (Å²) in [5.41, 5.74) is 0. The Morgan fingerprint density at radius 3 is 2.73 bits per heavy atom. The molecule has 86 valence electrons. The number of carboxylic acid groups (broad SMARTS) is 1. The third-order valence-corrected chi connectivity index (χ3v) is 2.65. The molecular formula is C10H18N2O3. The number of nitrogens with one attached hydrogen (secondary N) is 2. The number of aliphatic carboxylic acids is 1.